The number of aromatic nitrogens is 2. The van der Waals surface area contributed by atoms with Gasteiger partial charge in [-0.3, -0.25) is 4.90 Å². The second-order valence-corrected chi connectivity index (χ2v) is 6.09. The number of hydrogen-bond acceptors (Lipinski definition) is 6. The summed E-state index contributed by atoms with van der Waals surface area (Å²) in [4.78, 5) is 13.9. The molecular weight excluding hydrogens is 278 g/mol. The molecular formula is C16H27N5O. The second kappa shape index (κ2) is 7.74. The molecule has 0 radical (unpaired) electrons. The van der Waals surface area contributed by atoms with E-state index in [0.717, 1.165) is 69.9 Å². The molecule has 2 saturated heterocycles. The third-order valence-electron chi connectivity index (χ3n) is 4.34. The number of hydrogen-bond donors (Lipinski definition) is 1. The number of piperidine rings is 1. The van der Waals surface area contributed by atoms with Gasteiger partial charge in [0, 0.05) is 45.3 Å². The van der Waals surface area contributed by atoms with Crippen LogP contribution in [0.15, 0.2) is 6.07 Å². The smallest absolute Gasteiger partial charge is 0.134 e. The lowest BCUT2D eigenvalue weighted by Crippen LogP contribution is -2.39. The highest BCUT2D eigenvalue weighted by molar-refractivity contribution is 5.49. The Morgan fingerprint density at radius 2 is 1.86 bits per heavy atom. The lowest BCUT2D eigenvalue weighted by molar-refractivity contribution is 0.0398. The maximum Gasteiger partial charge on any atom is 0.134 e. The molecule has 0 saturated carbocycles. The van der Waals surface area contributed by atoms with Crippen LogP contribution in [0.5, 0.6) is 0 Å². The lowest BCUT2D eigenvalue weighted by Gasteiger charge is -2.28. The maximum absolute atomic E-state index is 5.37. The van der Waals surface area contributed by atoms with Gasteiger partial charge in [0.15, 0.2) is 0 Å². The topological polar surface area (TPSA) is 53.5 Å². The first-order valence-corrected chi connectivity index (χ1v) is 8.46. The van der Waals surface area contributed by atoms with E-state index in [-0.39, 0.29) is 0 Å². The third-order valence-corrected chi connectivity index (χ3v) is 4.34. The summed E-state index contributed by atoms with van der Waals surface area (Å²) in [7, 11) is 0. The van der Waals surface area contributed by atoms with E-state index in [4.69, 9.17) is 4.74 Å². The Morgan fingerprint density at radius 3 is 2.64 bits per heavy atom. The van der Waals surface area contributed by atoms with Crippen molar-refractivity contribution < 1.29 is 4.74 Å². The van der Waals surface area contributed by atoms with Gasteiger partial charge in [-0.25, -0.2) is 9.97 Å². The van der Waals surface area contributed by atoms with E-state index in [1.165, 1.54) is 19.3 Å². The predicted octanol–water partition coefficient (Wildman–Crippen LogP) is 1.52. The lowest BCUT2D eigenvalue weighted by atomic mass is 10.1. The number of nitrogens with one attached hydrogen (secondary N) is 1. The average Bonchev–Trinajstić information content (AvgIpc) is 2.56. The highest BCUT2D eigenvalue weighted by Crippen LogP contribution is 2.20. The van der Waals surface area contributed by atoms with Crippen LogP contribution in [0.4, 0.5) is 11.6 Å². The molecule has 0 amide bonds. The molecule has 6 heteroatoms. The van der Waals surface area contributed by atoms with Crippen LogP contribution in [0.25, 0.3) is 0 Å². The third kappa shape index (κ3) is 4.30. The number of aryl methyl sites for hydroxylation is 1. The Morgan fingerprint density at radius 1 is 1.09 bits per heavy atom. The molecule has 1 aromatic rings. The Kier molecular flexibility index (Phi) is 5.45. The minimum atomic E-state index is 0.844. The van der Waals surface area contributed by atoms with Crippen LogP contribution in [0, 0.1) is 6.92 Å². The van der Waals surface area contributed by atoms with Crippen molar-refractivity contribution in [2.75, 3.05) is 62.7 Å². The van der Waals surface area contributed by atoms with E-state index in [9.17, 15) is 0 Å². The quantitative estimate of drug-likeness (QED) is 0.890. The molecule has 0 spiro atoms. The summed E-state index contributed by atoms with van der Waals surface area (Å²) >= 11 is 0. The van der Waals surface area contributed by atoms with Crippen molar-refractivity contribution in [1.82, 2.24) is 14.9 Å². The molecule has 0 bridgehead atoms. The van der Waals surface area contributed by atoms with Crippen molar-refractivity contribution in [3.63, 3.8) is 0 Å². The molecule has 22 heavy (non-hydrogen) atoms. The zero-order valence-electron chi connectivity index (χ0n) is 13.6. The van der Waals surface area contributed by atoms with Crippen molar-refractivity contribution in [1.29, 1.82) is 0 Å². The molecule has 6 nitrogen and oxygen atoms in total. The summed E-state index contributed by atoms with van der Waals surface area (Å²) in [5.74, 6) is 2.86. The van der Waals surface area contributed by atoms with Crippen LogP contribution >= 0.6 is 0 Å². The van der Waals surface area contributed by atoms with E-state index in [0.29, 0.717) is 0 Å². The Balaban J connectivity index is 1.54. The number of anilines is 2. The average molecular weight is 305 g/mol. The number of nitrogens with zero attached hydrogens (tertiary/aromatic N) is 4. The molecule has 0 unspecified atom stereocenters. The molecule has 1 N–H and O–H groups in total. The molecule has 0 aliphatic carbocycles. The zero-order chi connectivity index (χ0) is 15.2. The minimum absolute atomic E-state index is 0.844. The fraction of sp³-hybridized carbons (Fsp3) is 0.750. The van der Waals surface area contributed by atoms with Crippen LogP contribution in [0.2, 0.25) is 0 Å². The van der Waals surface area contributed by atoms with Gasteiger partial charge in [0.2, 0.25) is 0 Å². The van der Waals surface area contributed by atoms with Crippen LogP contribution in [-0.2, 0) is 4.74 Å². The van der Waals surface area contributed by atoms with Gasteiger partial charge < -0.3 is 15.0 Å². The molecule has 0 atom stereocenters. The Labute approximate surface area is 132 Å². The van der Waals surface area contributed by atoms with Gasteiger partial charge in [0.1, 0.15) is 17.5 Å². The van der Waals surface area contributed by atoms with Crippen molar-refractivity contribution in [3.8, 4) is 0 Å². The van der Waals surface area contributed by atoms with Crippen molar-refractivity contribution in [2.24, 2.45) is 0 Å². The predicted molar refractivity (Wildman–Crippen MR) is 88.6 cm³/mol. The molecule has 1 aromatic heterocycles. The normalized spacial score (nSPS) is 20.1. The highest BCUT2D eigenvalue weighted by Gasteiger charge is 2.14. The fourth-order valence-corrected chi connectivity index (χ4v) is 3.09. The van der Waals surface area contributed by atoms with Crippen LogP contribution < -0.4 is 10.2 Å². The zero-order valence-corrected chi connectivity index (χ0v) is 13.6. The van der Waals surface area contributed by atoms with E-state index >= 15 is 0 Å². The summed E-state index contributed by atoms with van der Waals surface area (Å²) in [5.41, 5.74) is 0. The molecule has 3 heterocycles. The van der Waals surface area contributed by atoms with Gasteiger partial charge in [-0.15, -0.1) is 0 Å². The molecule has 122 valence electrons. The van der Waals surface area contributed by atoms with E-state index in [1.807, 2.05) is 6.92 Å². The standard InChI is InChI=1S/C16H27N5O/c1-14-18-15(17-5-8-20-9-11-22-12-10-20)13-16(19-14)21-6-3-2-4-7-21/h13H,2-12H2,1H3,(H,17,18,19). The van der Waals surface area contributed by atoms with Gasteiger partial charge >= 0.3 is 0 Å². The fourth-order valence-electron chi connectivity index (χ4n) is 3.09. The minimum Gasteiger partial charge on any atom is -0.379 e. The number of morpholine rings is 1. The van der Waals surface area contributed by atoms with Crippen molar-refractivity contribution in [3.05, 3.63) is 11.9 Å². The summed E-state index contributed by atoms with van der Waals surface area (Å²) in [6.45, 7) is 9.92. The van der Waals surface area contributed by atoms with Crippen molar-refractivity contribution >= 4 is 11.6 Å². The molecule has 2 aliphatic rings. The maximum atomic E-state index is 5.37. The van der Waals surface area contributed by atoms with Gasteiger partial charge in [-0.1, -0.05) is 0 Å². The van der Waals surface area contributed by atoms with Gasteiger partial charge in [0.05, 0.1) is 13.2 Å². The highest BCUT2D eigenvalue weighted by atomic mass is 16.5. The summed E-state index contributed by atoms with van der Waals surface area (Å²) in [6.07, 6.45) is 3.87. The van der Waals surface area contributed by atoms with Gasteiger partial charge in [-0.05, 0) is 26.2 Å². The SMILES string of the molecule is Cc1nc(NCCN2CCOCC2)cc(N2CCCCC2)n1. The molecule has 3 rings (SSSR count). The first kappa shape index (κ1) is 15.5. The Hall–Kier alpha value is -1.40. The first-order chi connectivity index (χ1) is 10.8. The first-order valence-electron chi connectivity index (χ1n) is 8.46. The van der Waals surface area contributed by atoms with Gasteiger partial charge in [-0.2, -0.15) is 0 Å². The Bertz CT molecular complexity index is 470. The molecule has 2 fully saturated rings. The van der Waals surface area contributed by atoms with E-state index in [1.54, 1.807) is 0 Å². The number of rotatable bonds is 5. The van der Waals surface area contributed by atoms with Crippen LogP contribution in [0.3, 0.4) is 0 Å². The summed E-state index contributed by atoms with van der Waals surface area (Å²) < 4.78 is 5.37. The van der Waals surface area contributed by atoms with Gasteiger partial charge in [0.25, 0.3) is 0 Å². The number of ether oxygens (including phenoxy) is 1. The van der Waals surface area contributed by atoms with E-state index < -0.39 is 0 Å². The monoisotopic (exact) mass is 305 g/mol. The molecule has 2 aliphatic heterocycles. The largest absolute Gasteiger partial charge is 0.379 e. The van der Waals surface area contributed by atoms with Crippen LogP contribution in [0.1, 0.15) is 25.1 Å². The van der Waals surface area contributed by atoms with Crippen LogP contribution in [-0.4, -0.2) is 67.4 Å². The van der Waals surface area contributed by atoms with Crippen molar-refractivity contribution in [2.45, 2.75) is 26.2 Å². The second-order valence-electron chi connectivity index (χ2n) is 6.09. The summed E-state index contributed by atoms with van der Waals surface area (Å²) in [6, 6.07) is 2.09. The van der Waals surface area contributed by atoms with E-state index in [2.05, 4.69) is 31.2 Å². The summed E-state index contributed by atoms with van der Waals surface area (Å²) in [5, 5.41) is 3.45. The molecule has 0 aromatic carbocycles.